The summed E-state index contributed by atoms with van der Waals surface area (Å²) < 4.78 is 0. The van der Waals surface area contributed by atoms with Gasteiger partial charge in [-0.3, -0.25) is 15.5 Å². The highest BCUT2D eigenvalue weighted by Crippen LogP contribution is 2.33. The van der Waals surface area contributed by atoms with Crippen LogP contribution in [-0.2, 0) is 0 Å². The minimum atomic E-state index is -0.275. The van der Waals surface area contributed by atoms with E-state index in [1.807, 2.05) is 4.90 Å². The number of nitrogens with two attached hydrogens (primary N) is 2. The average molecular weight is 536 g/mol. The van der Waals surface area contributed by atoms with E-state index in [1.54, 1.807) is 52.9 Å². The van der Waals surface area contributed by atoms with E-state index in [4.69, 9.17) is 11.5 Å². The SMILES string of the molecule is Cc1ccc([C@H]([NH+]=C(N)C(N)=Nc2cccc(C(=O)N3CCN(c4ncccn4)CC3)c2O)C(C)(C)C)s1. The third kappa shape index (κ3) is 6.10. The molecule has 6 N–H and O–H groups in total. The lowest BCUT2D eigenvalue weighted by atomic mass is 9.86. The molecule has 0 aliphatic carbocycles. The van der Waals surface area contributed by atoms with Crippen LogP contribution in [0.2, 0.25) is 0 Å². The number of carbonyl (C=O) groups excluding carboxylic acids is 1. The first-order valence-corrected chi connectivity index (χ1v) is 13.3. The summed E-state index contributed by atoms with van der Waals surface area (Å²) in [5.41, 5.74) is 12.7. The van der Waals surface area contributed by atoms with Crippen molar-refractivity contribution in [3.63, 3.8) is 0 Å². The number of aliphatic imine (C=N–C) groups is 1. The minimum Gasteiger partial charge on any atom is -0.505 e. The van der Waals surface area contributed by atoms with E-state index in [0.717, 1.165) is 4.88 Å². The Bertz CT molecular complexity index is 1340. The molecule has 4 rings (SSSR count). The van der Waals surface area contributed by atoms with Crippen LogP contribution in [0.25, 0.3) is 0 Å². The number of nitrogens with zero attached hydrogens (tertiary/aromatic N) is 5. The molecule has 1 fully saturated rings. The summed E-state index contributed by atoms with van der Waals surface area (Å²) in [4.78, 5) is 35.5. The Balaban J connectivity index is 1.51. The number of thiophene rings is 1. The van der Waals surface area contributed by atoms with Gasteiger partial charge in [-0.25, -0.2) is 15.0 Å². The van der Waals surface area contributed by atoms with Gasteiger partial charge in [0.15, 0.2) is 5.75 Å². The number of aryl methyl sites for hydroxylation is 1. The number of phenolic OH excluding ortho intramolecular Hbond substituents is 1. The number of aromatic nitrogens is 2. The number of benzene rings is 1. The van der Waals surface area contributed by atoms with E-state index in [0.29, 0.717) is 32.1 Å². The Morgan fingerprint density at radius 3 is 2.37 bits per heavy atom. The maximum absolute atomic E-state index is 13.2. The standard InChI is InChI=1S/C27H34N8O2S/c1-17-9-10-20(38-17)22(27(2,3)4)33-24(29)23(28)32-19-8-5-7-18(21(19)36)25(37)34-13-15-35(16-14-34)26-30-11-6-12-31-26/h5-12,22,36H,13-16H2,1-4H3,(H2,28,32)(H2,29,33)/p+1/t22-/m0/s1. The molecule has 3 heterocycles. The monoisotopic (exact) mass is 535 g/mol. The van der Waals surface area contributed by atoms with E-state index in [9.17, 15) is 9.90 Å². The van der Waals surface area contributed by atoms with Gasteiger partial charge in [0.1, 0.15) is 11.7 Å². The fraction of sp³-hybridized carbons (Fsp3) is 0.370. The topological polar surface area (TPSA) is 148 Å². The molecule has 200 valence electrons. The molecule has 0 saturated carbocycles. The summed E-state index contributed by atoms with van der Waals surface area (Å²) in [6.45, 7) is 10.6. The van der Waals surface area contributed by atoms with E-state index in [2.05, 4.69) is 59.8 Å². The molecular formula is C27H35N8O2S+. The number of hydrogen-bond acceptors (Lipinski definition) is 7. The van der Waals surface area contributed by atoms with Crippen molar-refractivity contribution < 1.29 is 14.9 Å². The lowest BCUT2D eigenvalue weighted by Gasteiger charge is -2.34. The number of amides is 1. The van der Waals surface area contributed by atoms with E-state index < -0.39 is 0 Å². The van der Waals surface area contributed by atoms with Crippen LogP contribution >= 0.6 is 11.3 Å². The smallest absolute Gasteiger partial charge is 0.309 e. The maximum atomic E-state index is 13.2. The van der Waals surface area contributed by atoms with Crippen LogP contribution in [0.15, 0.2) is 53.8 Å². The summed E-state index contributed by atoms with van der Waals surface area (Å²) in [6, 6.07) is 10.7. The Hall–Kier alpha value is -3.99. The second-order valence-corrected chi connectivity index (χ2v) is 11.6. The second kappa shape index (κ2) is 11.2. The Labute approximate surface area is 226 Å². The molecule has 1 atom stereocenters. The summed E-state index contributed by atoms with van der Waals surface area (Å²) in [5, 5.41) is 10.9. The highest BCUT2D eigenvalue weighted by molar-refractivity contribution is 7.12. The van der Waals surface area contributed by atoms with Crippen molar-refractivity contribution in [3.8, 4) is 5.75 Å². The minimum absolute atomic E-state index is 0.0314. The first-order valence-electron chi connectivity index (χ1n) is 12.5. The normalized spacial score (nSPS) is 16.0. The fourth-order valence-electron chi connectivity index (χ4n) is 4.27. The predicted octanol–water partition coefficient (Wildman–Crippen LogP) is 1.73. The van der Waals surface area contributed by atoms with Gasteiger partial charge >= 0.3 is 5.84 Å². The molecule has 1 aliphatic heterocycles. The molecule has 38 heavy (non-hydrogen) atoms. The summed E-state index contributed by atoms with van der Waals surface area (Å²) in [6.07, 6.45) is 3.39. The molecule has 0 bridgehead atoms. The maximum Gasteiger partial charge on any atom is 0.309 e. The van der Waals surface area contributed by atoms with Crippen LogP contribution in [0.4, 0.5) is 11.6 Å². The van der Waals surface area contributed by atoms with E-state index >= 15 is 0 Å². The first-order chi connectivity index (χ1) is 18.0. The van der Waals surface area contributed by atoms with Crippen molar-refractivity contribution in [2.24, 2.45) is 21.9 Å². The zero-order chi connectivity index (χ0) is 27.4. The number of aromatic hydroxyl groups is 1. The highest BCUT2D eigenvalue weighted by Gasteiger charge is 2.31. The third-order valence-electron chi connectivity index (χ3n) is 6.38. The van der Waals surface area contributed by atoms with E-state index in [-0.39, 0.29) is 46.0 Å². The van der Waals surface area contributed by atoms with Gasteiger partial charge in [0.25, 0.3) is 5.91 Å². The Kier molecular flexibility index (Phi) is 7.96. The van der Waals surface area contributed by atoms with Gasteiger partial charge in [-0.15, -0.1) is 11.3 Å². The molecule has 3 aromatic rings. The van der Waals surface area contributed by atoms with E-state index in [1.165, 1.54) is 4.88 Å². The van der Waals surface area contributed by atoms with Gasteiger partial charge in [0.05, 0.1) is 5.56 Å². The van der Waals surface area contributed by atoms with Gasteiger partial charge in [0.2, 0.25) is 11.8 Å². The van der Waals surface area contributed by atoms with Gasteiger partial charge in [0, 0.05) is 53.7 Å². The largest absolute Gasteiger partial charge is 0.505 e. The predicted molar refractivity (Wildman–Crippen MR) is 151 cm³/mol. The molecule has 2 aromatic heterocycles. The van der Waals surface area contributed by atoms with Crippen molar-refractivity contribution in [1.82, 2.24) is 14.9 Å². The number of anilines is 1. The number of rotatable bonds is 5. The molecule has 1 aliphatic rings. The van der Waals surface area contributed by atoms with Crippen molar-refractivity contribution in [2.45, 2.75) is 33.7 Å². The summed E-state index contributed by atoms with van der Waals surface area (Å²) >= 11 is 1.70. The van der Waals surface area contributed by atoms with Crippen LogP contribution in [0.3, 0.4) is 0 Å². The average Bonchev–Trinajstić information content (AvgIpc) is 3.33. The lowest BCUT2D eigenvalue weighted by molar-refractivity contribution is -0.528. The number of carbonyl (C=O) groups is 1. The van der Waals surface area contributed by atoms with Gasteiger partial charge in [-0.1, -0.05) is 26.8 Å². The molecule has 0 radical (unpaired) electrons. The number of phenols is 1. The van der Waals surface area contributed by atoms with Crippen molar-refractivity contribution in [2.75, 3.05) is 31.1 Å². The van der Waals surface area contributed by atoms with Crippen molar-refractivity contribution >= 4 is 40.6 Å². The first kappa shape index (κ1) is 27.1. The Morgan fingerprint density at radius 1 is 1.08 bits per heavy atom. The summed E-state index contributed by atoms with van der Waals surface area (Å²) in [7, 11) is 0. The number of hydrogen-bond donors (Lipinski definition) is 4. The zero-order valence-corrected chi connectivity index (χ0v) is 23.0. The number of para-hydroxylation sites is 1. The zero-order valence-electron chi connectivity index (χ0n) is 22.2. The molecule has 1 amide bonds. The quantitative estimate of drug-likeness (QED) is 0.287. The van der Waals surface area contributed by atoms with Crippen LogP contribution in [0, 0.1) is 12.3 Å². The lowest BCUT2D eigenvalue weighted by Crippen LogP contribution is -2.81. The fourth-order valence-corrected chi connectivity index (χ4v) is 5.45. The number of amidine groups is 2. The van der Waals surface area contributed by atoms with Gasteiger partial charge in [-0.05, 0) is 37.3 Å². The van der Waals surface area contributed by atoms with Crippen LogP contribution in [0.5, 0.6) is 5.75 Å². The molecule has 0 unspecified atom stereocenters. The Morgan fingerprint density at radius 2 is 1.76 bits per heavy atom. The van der Waals surface area contributed by atoms with Crippen molar-refractivity contribution in [3.05, 3.63) is 64.1 Å². The van der Waals surface area contributed by atoms with Crippen LogP contribution in [0.1, 0.15) is 46.9 Å². The number of piperazine rings is 1. The molecular weight excluding hydrogens is 500 g/mol. The third-order valence-corrected chi connectivity index (χ3v) is 7.44. The van der Waals surface area contributed by atoms with Crippen LogP contribution < -0.4 is 21.4 Å². The molecule has 0 spiro atoms. The number of nitrogens with one attached hydrogen (secondary N) is 1. The van der Waals surface area contributed by atoms with Gasteiger partial charge in [-0.2, -0.15) is 0 Å². The molecule has 11 heteroatoms. The molecule has 1 saturated heterocycles. The van der Waals surface area contributed by atoms with Crippen molar-refractivity contribution in [1.29, 1.82) is 0 Å². The highest BCUT2D eigenvalue weighted by atomic mass is 32.1. The second-order valence-electron chi connectivity index (χ2n) is 10.3. The molecule has 1 aromatic carbocycles. The molecule has 10 nitrogen and oxygen atoms in total. The summed E-state index contributed by atoms with van der Waals surface area (Å²) in [5.74, 6) is 0.362. The van der Waals surface area contributed by atoms with Crippen LogP contribution in [-0.4, -0.2) is 63.7 Å². The van der Waals surface area contributed by atoms with Gasteiger partial charge < -0.3 is 20.6 Å².